The Labute approximate surface area is 123 Å². The van der Waals surface area contributed by atoms with Crippen molar-refractivity contribution in [1.82, 2.24) is 5.32 Å². The van der Waals surface area contributed by atoms with E-state index in [2.05, 4.69) is 25.2 Å². The molecule has 1 aromatic rings. The zero-order chi connectivity index (χ0) is 14.5. The highest BCUT2D eigenvalue weighted by molar-refractivity contribution is 5.26. The lowest BCUT2D eigenvalue weighted by Gasteiger charge is -2.34. The largest absolute Gasteiger partial charge is 0.310 e. The van der Waals surface area contributed by atoms with Gasteiger partial charge in [-0.25, -0.2) is 4.39 Å². The molecule has 0 aromatic heterocycles. The Balaban J connectivity index is 2.12. The van der Waals surface area contributed by atoms with Gasteiger partial charge in [-0.1, -0.05) is 45.2 Å². The first-order chi connectivity index (χ1) is 9.65. The van der Waals surface area contributed by atoms with Gasteiger partial charge < -0.3 is 5.32 Å². The van der Waals surface area contributed by atoms with Crippen molar-refractivity contribution in [2.75, 3.05) is 6.54 Å². The highest BCUT2D eigenvalue weighted by Crippen LogP contribution is 2.38. The topological polar surface area (TPSA) is 12.0 Å². The third-order valence-corrected chi connectivity index (χ3v) is 4.92. The Morgan fingerprint density at radius 1 is 1.20 bits per heavy atom. The maximum atomic E-state index is 13.8. The summed E-state index contributed by atoms with van der Waals surface area (Å²) in [5, 5.41) is 3.58. The van der Waals surface area contributed by atoms with Crippen LogP contribution in [0.3, 0.4) is 0 Å². The fourth-order valence-electron chi connectivity index (χ4n) is 3.51. The summed E-state index contributed by atoms with van der Waals surface area (Å²) in [5.74, 6) is 1.48. The standard InChI is InChI=1S/C18H28FN/c1-4-14-7-10-15(11-8-14)18(20-5-2)16-9-6-13(3)17(19)12-16/h6,9,12,14-15,18,20H,4-5,7-8,10-11H2,1-3H3. The molecule has 0 spiro atoms. The first-order valence-corrected chi connectivity index (χ1v) is 8.15. The Kier molecular flexibility index (Phi) is 5.59. The number of nitrogens with one attached hydrogen (secondary N) is 1. The molecule has 0 heterocycles. The van der Waals surface area contributed by atoms with E-state index in [1.54, 1.807) is 6.07 Å². The van der Waals surface area contributed by atoms with E-state index in [1.165, 1.54) is 32.1 Å². The highest BCUT2D eigenvalue weighted by atomic mass is 19.1. The fourth-order valence-corrected chi connectivity index (χ4v) is 3.51. The second-order valence-electron chi connectivity index (χ2n) is 6.23. The Bertz CT molecular complexity index is 421. The molecule has 1 fully saturated rings. The summed E-state index contributed by atoms with van der Waals surface area (Å²) in [6.07, 6.45) is 6.50. The maximum absolute atomic E-state index is 13.8. The number of benzene rings is 1. The molecule has 20 heavy (non-hydrogen) atoms. The van der Waals surface area contributed by atoms with Crippen LogP contribution in [0.5, 0.6) is 0 Å². The van der Waals surface area contributed by atoms with Crippen LogP contribution in [0, 0.1) is 24.6 Å². The summed E-state index contributed by atoms with van der Waals surface area (Å²) in [6.45, 7) is 7.19. The van der Waals surface area contributed by atoms with Crippen LogP contribution in [0.25, 0.3) is 0 Å². The first-order valence-electron chi connectivity index (χ1n) is 8.15. The van der Waals surface area contributed by atoms with Crippen LogP contribution < -0.4 is 5.32 Å². The van der Waals surface area contributed by atoms with Gasteiger partial charge in [0.1, 0.15) is 5.82 Å². The minimum absolute atomic E-state index is 0.0763. The molecule has 0 saturated heterocycles. The van der Waals surface area contributed by atoms with E-state index < -0.39 is 0 Å². The molecule has 0 amide bonds. The zero-order valence-electron chi connectivity index (χ0n) is 13.1. The van der Waals surface area contributed by atoms with Gasteiger partial charge >= 0.3 is 0 Å². The van der Waals surface area contributed by atoms with E-state index in [0.29, 0.717) is 12.0 Å². The summed E-state index contributed by atoms with van der Waals surface area (Å²) in [4.78, 5) is 0. The molecular formula is C18H28FN. The van der Waals surface area contributed by atoms with Gasteiger partial charge in [0, 0.05) is 6.04 Å². The van der Waals surface area contributed by atoms with Crippen molar-refractivity contribution >= 4 is 0 Å². The van der Waals surface area contributed by atoms with Gasteiger partial charge in [-0.15, -0.1) is 0 Å². The lowest BCUT2D eigenvalue weighted by molar-refractivity contribution is 0.220. The third kappa shape index (κ3) is 3.60. The molecule has 1 nitrogen and oxygen atoms in total. The SMILES string of the molecule is CCNC(c1ccc(C)c(F)c1)C1CCC(CC)CC1. The van der Waals surface area contributed by atoms with E-state index in [4.69, 9.17) is 0 Å². The lowest BCUT2D eigenvalue weighted by atomic mass is 9.76. The number of rotatable bonds is 5. The fraction of sp³-hybridized carbons (Fsp3) is 0.667. The van der Waals surface area contributed by atoms with Crippen molar-refractivity contribution < 1.29 is 4.39 Å². The molecule has 0 aliphatic heterocycles. The van der Waals surface area contributed by atoms with Gasteiger partial charge in [0.05, 0.1) is 0 Å². The Hall–Kier alpha value is -0.890. The van der Waals surface area contributed by atoms with E-state index in [0.717, 1.165) is 23.6 Å². The second kappa shape index (κ2) is 7.21. The van der Waals surface area contributed by atoms with E-state index in [-0.39, 0.29) is 5.82 Å². The van der Waals surface area contributed by atoms with Gasteiger partial charge in [0.25, 0.3) is 0 Å². The summed E-state index contributed by atoms with van der Waals surface area (Å²) >= 11 is 0. The van der Waals surface area contributed by atoms with Crippen LogP contribution in [0.4, 0.5) is 4.39 Å². The predicted molar refractivity (Wildman–Crippen MR) is 83.3 cm³/mol. The summed E-state index contributed by atoms with van der Waals surface area (Å²) in [7, 11) is 0. The minimum Gasteiger partial charge on any atom is -0.310 e. The van der Waals surface area contributed by atoms with Crippen molar-refractivity contribution in [1.29, 1.82) is 0 Å². The number of hydrogen-bond donors (Lipinski definition) is 1. The molecular weight excluding hydrogens is 249 g/mol. The number of hydrogen-bond acceptors (Lipinski definition) is 1. The van der Waals surface area contributed by atoms with Gasteiger partial charge in [-0.2, -0.15) is 0 Å². The van der Waals surface area contributed by atoms with E-state index in [1.807, 2.05) is 13.0 Å². The summed E-state index contributed by atoms with van der Waals surface area (Å²) in [5.41, 5.74) is 1.86. The van der Waals surface area contributed by atoms with Crippen molar-refractivity contribution in [3.05, 3.63) is 35.1 Å². The molecule has 1 aromatic carbocycles. The first kappa shape index (κ1) is 15.5. The maximum Gasteiger partial charge on any atom is 0.126 e. The number of aryl methyl sites for hydroxylation is 1. The van der Waals surface area contributed by atoms with Gasteiger partial charge in [0.15, 0.2) is 0 Å². The Morgan fingerprint density at radius 2 is 1.90 bits per heavy atom. The molecule has 1 saturated carbocycles. The second-order valence-corrected chi connectivity index (χ2v) is 6.23. The Morgan fingerprint density at radius 3 is 2.45 bits per heavy atom. The zero-order valence-corrected chi connectivity index (χ0v) is 13.1. The normalized spacial score (nSPS) is 24.6. The van der Waals surface area contributed by atoms with Crippen molar-refractivity contribution in [2.45, 2.75) is 58.9 Å². The average Bonchev–Trinajstić information content (AvgIpc) is 2.48. The van der Waals surface area contributed by atoms with Crippen LogP contribution in [-0.4, -0.2) is 6.54 Å². The van der Waals surface area contributed by atoms with E-state index >= 15 is 0 Å². The molecule has 0 bridgehead atoms. The molecule has 2 heteroatoms. The molecule has 0 radical (unpaired) electrons. The molecule has 1 atom stereocenters. The van der Waals surface area contributed by atoms with Crippen LogP contribution in [0.2, 0.25) is 0 Å². The summed E-state index contributed by atoms with van der Waals surface area (Å²) in [6, 6.07) is 6.05. The smallest absolute Gasteiger partial charge is 0.126 e. The van der Waals surface area contributed by atoms with Crippen LogP contribution in [0.15, 0.2) is 18.2 Å². The monoisotopic (exact) mass is 277 g/mol. The van der Waals surface area contributed by atoms with Gasteiger partial charge in [-0.05, 0) is 55.3 Å². The van der Waals surface area contributed by atoms with Gasteiger partial charge in [-0.3, -0.25) is 0 Å². The van der Waals surface area contributed by atoms with Crippen molar-refractivity contribution in [3.63, 3.8) is 0 Å². The molecule has 1 N–H and O–H groups in total. The van der Waals surface area contributed by atoms with E-state index in [9.17, 15) is 4.39 Å². The molecule has 112 valence electrons. The van der Waals surface area contributed by atoms with Crippen LogP contribution in [-0.2, 0) is 0 Å². The number of halogens is 1. The van der Waals surface area contributed by atoms with Crippen molar-refractivity contribution in [2.24, 2.45) is 11.8 Å². The highest BCUT2D eigenvalue weighted by Gasteiger charge is 2.27. The minimum atomic E-state index is -0.0763. The molecule has 2 rings (SSSR count). The third-order valence-electron chi connectivity index (χ3n) is 4.92. The molecule has 1 aliphatic carbocycles. The van der Waals surface area contributed by atoms with Crippen molar-refractivity contribution in [3.8, 4) is 0 Å². The molecule has 1 unspecified atom stereocenters. The summed E-state index contributed by atoms with van der Waals surface area (Å²) < 4.78 is 13.8. The van der Waals surface area contributed by atoms with Gasteiger partial charge in [0.2, 0.25) is 0 Å². The molecule has 1 aliphatic rings. The van der Waals surface area contributed by atoms with Crippen LogP contribution >= 0.6 is 0 Å². The predicted octanol–water partition coefficient (Wildman–Crippen LogP) is 5.00. The lowest BCUT2D eigenvalue weighted by Crippen LogP contribution is -2.31. The quantitative estimate of drug-likeness (QED) is 0.798. The average molecular weight is 277 g/mol. The van der Waals surface area contributed by atoms with Crippen LogP contribution in [0.1, 0.15) is 63.1 Å².